The number of aromatic hydroxyl groups is 1. The summed E-state index contributed by atoms with van der Waals surface area (Å²) in [7, 11) is 0. The summed E-state index contributed by atoms with van der Waals surface area (Å²) in [5.74, 6) is 1.71. The first-order valence-corrected chi connectivity index (χ1v) is 10.2. The van der Waals surface area contributed by atoms with Crippen molar-refractivity contribution in [1.82, 2.24) is 20.1 Å². The third-order valence-corrected chi connectivity index (χ3v) is 5.94. The molecule has 1 saturated carbocycles. The van der Waals surface area contributed by atoms with Crippen molar-refractivity contribution in [3.05, 3.63) is 24.3 Å². The average Bonchev–Trinajstić information content (AvgIpc) is 3.05. The Morgan fingerprint density at radius 2 is 2.08 bits per heavy atom. The van der Waals surface area contributed by atoms with E-state index in [0.29, 0.717) is 34.8 Å². The van der Waals surface area contributed by atoms with E-state index in [1.54, 1.807) is 12.1 Å². The normalized spacial score (nSPS) is 20.1. The Morgan fingerprint density at radius 3 is 2.81 bits per heavy atom. The first kappa shape index (κ1) is 18.8. The lowest BCUT2D eigenvalue weighted by atomic mass is 9.86. The molecule has 1 fully saturated rings. The Hall–Kier alpha value is -2.02. The molecule has 1 aromatic heterocycles. The summed E-state index contributed by atoms with van der Waals surface area (Å²) < 4.78 is 1.93. The van der Waals surface area contributed by atoms with Gasteiger partial charge < -0.3 is 15.0 Å². The minimum absolute atomic E-state index is 0.0449. The summed E-state index contributed by atoms with van der Waals surface area (Å²) >= 11 is 1.39. The van der Waals surface area contributed by atoms with Crippen molar-refractivity contribution in [2.75, 3.05) is 5.75 Å². The second-order valence-electron chi connectivity index (χ2n) is 6.79. The summed E-state index contributed by atoms with van der Waals surface area (Å²) in [5.41, 5.74) is 0.647. The maximum atomic E-state index is 12.3. The van der Waals surface area contributed by atoms with Crippen molar-refractivity contribution in [3.63, 3.8) is 0 Å². The topological polar surface area (TPSA) is 80.0 Å². The lowest BCUT2D eigenvalue weighted by molar-refractivity contribution is -0.119. The maximum absolute atomic E-state index is 12.3. The third kappa shape index (κ3) is 4.20. The van der Waals surface area contributed by atoms with E-state index in [0.717, 1.165) is 6.42 Å². The molecule has 2 N–H and O–H groups in total. The molecule has 2 aromatic rings. The van der Waals surface area contributed by atoms with Crippen molar-refractivity contribution < 1.29 is 9.90 Å². The Morgan fingerprint density at radius 1 is 1.31 bits per heavy atom. The molecule has 1 amide bonds. The molecule has 0 bridgehead atoms. The predicted octanol–water partition coefficient (Wildman–Crippen LogP) is 3.46. The van der Waals surface area contributed by atoms with Crippen LogP contribution in [0.3, 0.4) is 0 Å². The highest BCUT2D eigenvalue weighted by molar-refractivity contribution is 7.99. The molecule has 3 rings (SSSR count). The molecule has 0 unspecified atom stereocenters. The van der Waals surface area contributed by atoms with Gasteiger partial charge in [0.25, 0.3) is 0 Å². The molecule has 0 radical (unpaired) electrons. The number of hydrogen-bond donors (Lipinski definition) is 2. The van der Waals surface area contributed by atoms with Crippen LogP contribution in [0.2, 0.25) is 0 Å². The zero-order chi connectivity index (χ0) is 18.5. The zero-order valence-electron chi connectivity index (χ0n) is 15.3. The fourth-order valence-electron chi connectivity index (χ4n) is 3.45. The molecule has 1 aliphatic rings. The molecule has 0 saturated heterocycles. The smallest absolute Gasteiger partial charge is 0.230 e. The summed E-state index contributed by atoms with van der Waals surface area (Å²) in [4.78, 5) is 12.3. The second kappa shape index (κ2) is 8.58. The van der Waals surface area contributed by atoms with Crippen molar-refractivity contribution in [3.8, 4) is 17.1 Å². The molecule has 7 heteroatoms. The number of carbonyl (C=O) groups is 1. The molecule has 1 heterocycles. The average molecular weight is 375 g/mol. The first-order valence-electron chi connectivity index (χ1n) is 9.24. The van der Waals surface area contributed by atoms with Crippen molar-refractivity contribution in [2.45, 2.75) is 57.3 Å². The number of rotatable bonds is 6. The van der Waals surface area contributed by atoms with Gasteiger partial charge in [0, 0.05) is 12.6 Å². The van der Waals surface area contributed by atoms with Gasteiger partial charge in [-0.15, -0.1) is 10.2 Å². The van der Waals surface area contributed by atoms with Crippen LogP contribution < -0.4 is 5.32 Å². The number of benzene rings is 1. The predicted molar refractivity (Wildman–Crippen MR) is 103 cm³/mol. The lowest BCUT2D eigenvalue weighted by Gasteiger charge is -2.29. The number of amides is 1. The molecule has 1 aliphatic carbocycles. The van der Waals surface area contributed by atoms with E-state index < -0.39 is 0 Å². The van der Waals surface area contributed by atoms with Gasteiger partial charge in [-0.2, -0.15) is 0 Å². The fraction of sp³-hybridized carbons (Fsp3) is 0.526. The fourth-order valence-corrected chi connectivity index (χ4v) is 4.27. The van der Waals surface area contributed by atoms with E-state index >= 15 is 0 Å². The largest absolute Gasteiger partial charge is 0.507 e. The zero-order valence-corrected chi connectivity index (χ0v) is 16.1. The molecular weight excluding hydrogens is 348 g/mol. The molecule has 26 heavy (non-hydrogen) atoms. The van der Waals surface area contributed by atoms with Crippen LogP contribution in [0.4, 0.5) is 0 Å². The SMILES string of the molecule is CCn1c(SCC(=O)N[C@H]2CCCC[C@@H]2C)nnc1-c1ccccc1O. The van der Waals surface area contributed by atoms with Crippen LogP contribution >= 0.6 is 11.8 Å². The quantitative estimate of drug-likeness (QED) is 0.757. The summed E-state index contributed by atoms with van der Waals surface area (Å²) in [6, 6.07) is 7.37. The Kier molecular flexibility index (Phi) is 6.19. The Balaban J connectivity index is 1.65. The van der Waals surface area contributed by atoms with Gasteiger partial charge >= 0.3 is 0 Å². The number of phenols is 1. The van der Waals surface area contributed by atoms with Gasteiger partial charge in [0.05, 0.1) is 11.3 Å². The van der Waals surface area contributed by atoms with Crippen LogP contribution in [0.5, 0.6) is 5.75 Å². The van der Waals surface area contributed by atoms with Gasteiger partial charge in [-0.05, 0) is 37.8 Å². The number of nitrogens with zero attached hydrogens (tertiary/aromatic N) is 3. The third-order valence-electron chi connectivity index (χ3n) is 4.97. The van der Waals surface area contributed by atoms with Gasteiger partial charge in [-0.25, -0.2) is 0 Å². The van der Waals surface area contributed by atoms with E-state index in [2.05, 4.69) is 22.4 Å². The standard InChI is InChI=1S/C19H26N4O2S/c1-3-23-18(14-9-5-7-11-16(14)24)21-22-19(23)26-12-17(25)20-15-10-6-4-8-13(15)2/h5,7,9,11,13,15,24H,3-4,6,8,10,12H2,1-2H3,(H,20,25)/t13-,15-/m0/s1. The van der Waals surface area contributed by atoms with Crippen molar-refractivity contribution >= 4 is 17.7 Å². The van der Waals surface area contributed by atoms with Crippen LogP contribution in [0.15, 0.2) is 29.4 Å². The van der Waals surface area contributed by atoms with Gasteiger partial charge in [-0.3, -0.25) is 4.79 Å². The summed E-state index contributed by atoms with van der Waals surface area (Å²) in [6.07, 6.45) is 4.71. The number of hydrogen-bond acceptors (Lipinski definition) is 5. The molecule has 1 aromatic carbocycles. The number of phenolic OH excluding ortho intramolecular Hbond substituents is 1. The second-order valence-corrected chi connectivity index (χ2v) is 7.73. The number of nitrogens with one attached hydrogen (secondary N) is 1. The summed E-state index contributed by atoms with van der Waals surface area (Å²) in [5, 5.41) is 22.4. The molecule has 140 valence electrons. The van der Waals surface area contributed by atoms with Crippen LogP contribution in [-0.2, 0) is 11.3 Å². The van der Waals surface area contributed by atoms with Crippen molar-refractivity contribution in [1.29, 1.82) is 0 Å². The highest BCUT2D eigenvalue weighted by Crippen LogP contribution is 2.30. The van der Waals surface area contributed by atoms with E-state index in [9.17, 15) is 9.90 Å². The van der Waals surface area contributed by atoms with Gasteiger partial charge in [-0.1, -0.05) is 43.7 Å². The molecule has 2 atom stereocenters. The molecule has 0 aliphatic heterocycles. The van der Waals surface area contributed by atoms with Crippen molar-refractivity contribution in [2.24, 2.45) is 5.92 Å². The monoisotopic (exact) mass is 374 g/mol. The van der Waals surface area contributed by atoms with Crippen LogP contribution in [0.25, 0.3) is 11.4 Å². The Labute approximate surface area is 158 Å². The van der Waals surface area contributed by atoms with Gasteiger partial charge in [0.1, 0.15) is 5.75 Å². The highest BCUT2D eigenvalue weighted by atomic mass is 32.2. The number of carbonyl (C=O) groups excluding carboxylic acids is 1. The number of aromatic nitrogens is 3. The highest BCUT2D eigenvalue weighted by Gasteiger charge is 2.23. The minimum atomic E-state index is 0.0449. The van der Waals surface area contributed by atoms with Gasteiger partial charge in [0.15, 0.2) is 11.0 Å². The minimum Gasteiger partial charge on any atom is -0.507 e. The van der Waals surface area contributed by atoms with Crippen LogP contribution in [0.1, 0.15) is 39.5 Å². The van der Waals surface area contributed by atoms with Gasteiger partial charge in [0.2, 0.25) is 5.91 Å². The number of thioether (sulfide) groups is 1. The van der Waals surface area contributed by atoms with E-state index in [-0.39, 0.29) is 17.7 Å². The summed E-state index contributed by atoms with van der Waals surface area (Å²) in [6.45, 7) is 4.88. The van der Waals surface area contributed by atoms with E-state index in [1.165, 1.54) is 31.0 Å². The molecule has 6 nitrogen and oxygen atoms in total. The van der Waals surface area contributed by atoms with E-state index in [4.69, 9.17) is 0 Å². The molecule has 0 spiro atoms. The van der Waals surface area contributed by atoms with E-state index in [1.807, 2.05) is 23.6 Å². The van der Waals surface area contributed by atoms with Crippen LogP contribution in [-0.4, -0.2) is 37.6 Å². The molecular formula is C19H26N4O2S. The lowest BCUT2D eigenvalue weighted by Crippen LogP contribution is -2.41. The maximum Gasteiger partial charge on any atom is 0.230 e. The number of para-hydroxylation sites is 1. The van der Waals surface area contributed by atoms with Crippen LogP contribution in [0, 0.1) is 5.92 Å². The Bertz CT molecular complexity index is 762. The first-order chi connectivity index (χ1) is 12.6.